The first kappa shape index (κ1) is 22.8. The molecule has 160 valence electrons. The van der Waals surface area contributed by atoms with Crippen LogP contribution in [0.3, 0.4) is 0 Å². The van der Waals surface area contributed by atoms with Gasteiger partial charge in [-0.2, -0.15) is 18.3 Å². The number of nitrogens with zero attached hydrogens (tertiary/aromatic N) is 4. The van der Waals surface area contributed by atoms with Gasteiger partial charge in [-0.3, -0.25) is 0 Å². The van der Waals surface area contributed by atoms with Gasteiger partial charge in [0.15, 0.2) is 15.5 Å². The third-order valence-corrected chi connectivity index (χ3v) is 5.10. The van der Waals surface area contributed by atoms with E-state index in [2.05, 4.69) is 10.4 Å². The van der Waals surface area contributed by atoms with E-state index in [-0.39, 0.29) is 33.0 Å². The van der Waals surface area contributed by atoms with Gasteiger partial charge in [0.25, 0.3) is 0 Å². The van der Waals surface area contributed by atoms with Crippen molar-refractivity contribution in [2.45, 2.75) is 11.1 Å². The Morgan fingerprint density at radius 3 is 2.13 bits per heavy atom. The average Bonchev–Trinajstić information content (AvgIpc) is 3.13. The average molecular weight is 443 g/mol. The van der Waals surface area contributed by atoms with E-state index in [9.17, 15) is 26.8 Å². The number of aromatic nitrogens is 2. The highest BCUT2D eigenvalue weighted by atomic mass is 32.2. The maximum absolute atomic E-state index is 13.2. The molecule has 9 nitrogen and oxygen atoms in total. The maximum Gasteiger partial charge on any atom is 0.435 e. The van der Waals surface area contributed by atoms with Crippen LogP contribution < -0.4 is 6.15 Å². The third-order valence-electron chi connectivity index (χ3n) is 3.97. The smallest absolute Gasteiger partial charge is 0.435 e. The molecule has 0 aliphatic carbocycles. The van der Waals surface area contributed by atoms with E-state index in [4.69, 9.17) is 5.21 Å². The van der Waals surface area contributed by atoms with E-state index in [1.54, 1.807) is 0 Å². The zero-order valence-corrected chi connectivity index (χ0v) is 16.2. The molecule has 4 N–H and O–H groups in total. The summed E-state index contributed by atoms with van der Waals surface area (Å²) in [5.41, 5.74) is -0.595. The number of alkyl halides is 3. The number of rotatable bonds is 4. The highest BCUT2D eigenvalue weighted by Crippen LogP contribution is 2.33. The monoisotopic (exact) mass is 443 g/mol. The Bertz CT molecular complexity index is 1170. The van der Waals surface area contributed by atoms with E-state index >= 15 is 0 Å². The van der Waals surface area contributed by atoms with Crippen molar-refractivity contribution in [3.63, 3.8) is 0 Å². The van der Waals surface area contributed by atoms with Gasteiger partial charge in [-0.1, -0.05) is 0 Å². The molecule has 0 saturated carbocycles. The largest absolute Gasteiger partial charge is 0.592 e. The number of halogens is 3. The Labute approximate surface area is 168 Å². The molecule has 0 spiro atoms. The number of hydrogen-bond donors (Lipinski definition) is 2. The van der Waals surface area contributed by atoms with Crippen LogP contribution in [0.15, 0.2) is 64.8 Å². The predicted molar refractivity (Wildman–Crippen MR) is 99.6 cm³/mol. The first-order valence-electron chi connectivity index (χ1n) is 7.91. The molecule has 3 aromatic rings. The Balaban J connectivity index is 0.00000320. The summed E-state index contributed by atoms with van der Waals surface area (Å²) in [6.45, 7) is 0. The van der Waals surface area contributed by atoms with Crippen LogP contribution in [0.1, 0.15) is 5.69 Å². The number of benzene rings is 2. The van der Waals surface area contributed by atoms with Gasteiger partial charge >= 0.3 is 6.18 Å². The second-order valence-electron chi connectivity index (χ2n) is 6.00. The normalized spacial score (nSPS) is 12.5. The predicted octanol–water partition coefficient (Wildman–Crippen LogP) is 4.11. The summed E-state index contributed by atoms with van der Waals surface area (Å²) < 4.78 is 63.8. The minimum atomic E-state index is -4.70. The van der Waals surface area contributed by atoms with Gasteiger partial charge in [0.2, 0.25) is 11.0 Å². The van der Waals surface area contributed by atoms with Crippen LogP contribution in [-0.2, 0) is 16.0 Å². The van der Waals surface area contributed by atoms with Crippen molar-refractivity contribution in [3.8, 4) is 16.9 Å². The van der Waals surface area contributed by atoms with Crippen LogP contribution in [0.2, 0.25) is 0 Å². The second-order valence-corrected chi connectivity index (χ2v) is 8.02. The fourth-order valence-corrected chi connectivity index (χ4v) is 3.20. The van der Waals surface area contributed by atoms with Gasteiger partial charge in [0.1, 0.15) is 0 Å². The molecule has 1 aromatic heterocycles. The quantitative estimate of drug-likeness (QED) is 0.353. The standard InChI is InChI=1S/C17H13F3N4O4S.H3N/c1-29(27,28)14-8-6-12(7-9-14)23-15(10-16(21-23)17(18,19)20)11-2-4-13(5-3-11)24(26)22-25;/h2-10,25H,1H3;1H3/b24-22+;. The number of sulfone groups is 1. The Morgan fingerprint density at radius 1 is 1.10 bits per heavy atom. The number of hydrogen-bond acceptors (Lipinski definition) is 6. The van der Waals surface area contributed by atoms with E-state index in [0.29, 0.717) is 5.56 Å². The zero-order chi connectivity index (χ0) is 21.4. The van der Waals surface area contributed by atoms with Crippen molar-refractivity contribution in [2.75, 3.05) is 6.26 Å². The van der Waals surface area contributed by atoms with Gasteiger partial charge in [0.05, 0.1) is 16.3 Å². The van der Waals surface area contributed by atoms with Gasteiger partial charge in [0, 0.05) is 24.0 Å². The Morgan fingerprint density at radius 2 is 1.67 bits per heavy atom. The molecular weight excluding hydrogens is 427 g/mol. The second kappa shape index (κ2) is 8.12. The fourth-order valence-electron chi connectivity index (χ4n) is 2.57. The molecule has 0 fully saturated rings. The van der Waals surface area contributed by atoms with Crippen molar-refractivity contribution in [3.05, 3.63) is 65.5 Å². The zero-order valence-electron chi connectivity index (χ0n) is 15.4. The molecule has 0 saturated heterocycles. The third kappa shape index (κ3) is 4.58. The SMILES string of the molecule is CS(=O)(=O)c1ccc(-n2nc(C(F)(F)F)cc2-c2ccc(/[N+]([O-])=N\O)cc2)cc1.N. The van der Waals surface area contributed by atoms with E-state index < -0.39 is 21.7 Å². The van der Waals surface area contributed by atoms with E-state index in [1.165, 1.54) is 48.5 Å². The van der Waals surface area contributed by atoms with Gasteiger partial charge in [-0.15, -0.1) is 0 Å². The lowest BCUT2D eigenvalue weighted by molar-refractivity contribution is -0.473. The van der Waals surface area contributed by atoms with E-state index in [0.717, 1.165) is 17.0 Å². The minimum absolute atomic E-state index is 0. The minimum Gasteiger partial charge on any atom is -0.592 e. The molecule has 13 heteroatoms. The summed E-state index contributed by atoms with van der Waals surface area (Å²) in [4.78, 5) is -0.0507. The summed E-state index contributed by atoms with van der Waals surface area (Å²) in [5, 5.41) is 25.8. The van der Waals surface area contributed by atoms with Gasteiger partial charge in [-0.05, 0) is 47.3 Å². The summed E-state index contributed by atoms with van der Waals surface area (Å²) in [6.07, 6.45) is -3.68. The van der Waals surface area contributed by atoms with E-state index in [1.807, 2.05) is 0 Å². The van der Waals surface area contributed by atoms with Crippen molar-refractivity contribution in [1.82, 2.24) is 15.9 Å². The molecule has 30 heavy (non-hydrogen) atoms. The van der Waals surface area contributed by atoms with Crippen LogP contribution >= 0.6 is 0 Å². The van der Waals surface area contributed by atoms with Crippen LogP contribution in [0.4, 0.5) is 18.9 Å². The molecule has 0 radical (unpaired) electrons. The van der Waals surface area contributed by atoms with Crippen molar-refractivity contribution in [2.24, 2.45) is 5.28 Å². The molecular formula is C17H16F3N5O4S. The highest BCUT2D eigenvalue weighted by Gasteiger charge is 2.35. The molecule has 0 aliphatic heterocycles. The van der Waals surface area contributed by atoms with Crippen LogP contribution in [0.25, 0.3) is 16.9 Å². The van der Waals surface area contributed by atoms with Crippen LogP contribution in [0.5, 0.6) is 0 Å². The molecule has 0 unspecified atom stereocenters. The topological polar surface area (TPSA) is 146 Å². The summed E-state index contributed by atoms with van der Waals surface area (Å²) in [6, 6.07) is 11.3. The lowest BCUT2D eigenvalue weighted by atomic mass is 10.1. The van der Waals surface area contributed by atoms with Gasteiger partial charge < -0.3 is 16.6 Å². The molecule has 0 bridgehead atoms. The molecule has 0 aliphatic rings. The molecule has 1 heterocycles. The van der Waals surface area contributed by atoms with Crippen molar-refractivity contribution < 1.29 is 31.7 Å². The molecule has 0 atom stereocenters. The highest BCUT2D eigenvalue weighted by molar-refractivity contribution is 7.90. The van der Waals surface area contributed by atoms with Crippen molar-refractivity contribution in [1.29, 1.82) is 0 Å². The Hall–Kier alpha value is -3.45. The Kier molecular flexibility index (Phi) is 6.18. The molecule has 0 amide bonds. The molecule has 2 aromatic carbocycles. The first-order chi connectivity index (χ1) is 13.5. The lowest BCUT2D eigenvalue weighted by Gasteiger charge is -2.09. The maximum atomic E-state index is 13.2. The fraction of sp³-hybridized carbons (Fsp3) is 0.118. The summed E-state index contributed by atoms with van der Waals surface area (Å²) in [7, 11) is -3.47. The summed E-state index contributed by atoms with van der Waals surface area (Å²) in [5.74, 6) is 0. The summed E-state index contributed by atoms with van der Waals surface area (Å²) >= 11 is 0. The first-order valence-corrected chi connectivity index (χ1v) is 9.80. The van der Waals surface area contributed by atoms with Crippen molar-refractivity contribution >= 4 is 15.5 Å². The van der Waals surface area contributed by atoms with Crippen LogP contribution in [0, 0.1) is 5.21 Å². The molecule has 3 rings (SSSR count). The van der Waals surface area contributed by atoms with Gasteiger partial charge in [-0.25, -0.2) is 13.1 Å². The lowest BCUT2D eigenvalue weighted by Crippen LogP contribution is -2.07. The van der Waals surface area contributed by atoms with Crippen LogP contribution in [-0.4, -0.2) is 34.5 Å².